The molecular weight excluding hydrogens is 254 g/mol. The zero-order valence-corrected chi connectivity index (χ0v) is 10.7. The Balaban J connectivity index is 2.33. The van der Waals surface area contributed by atoms with Crippen molar-refractivity contribution in [3.63, 3.8) is 0 Å². The second kappa shape index (κ2) is 7.45. The number of carbonyl (C=O) groups is 2. The highest BCUT2D eigenvalue weighted by Crippen LogP contribution is 2.09. The van der Waals surface area contributed by atoms with Crippen LogP contribution in [-0.4, -0.2) is 24.6 Å². The van der Waals surface area contributed by atoms with Crippen molar-refractivity contribution in [2.24, 2.45) is 5.10 Å². The molecule has 96 valence electrons. The minimum atomic E-state index is -0.246. The lowest BCUT2D eigenvalue weighted by Crippen LogP contribution is -2.28. The lowest BCUT2D eigenvalue weighted by molar-refractivity contribution is -0.120. The van der Waals surface area contributed by atoms with Crippen LogP contribution in [0.5, 0.6) is 0 Å². The first-order valence-corrected chi connectivity index (χ1v) is 5.81. The van der Waals surface area contributed by atoms with Crippen LogP contribution in [0.3, 0.4) is 0 Å². The molecule has 0 aliphatic heterocycles. The summed E-state index contributed by atoms with van der Waals surface area (Å²) in [5.74, 6) is -0.483. The summed E-state index contributed by atoms with van der Waals surface area (Å²) in [6.07, 6.45) is 1.65. The molecule has 0 saturated carbocycles. The van der Waals surface area contributed by atoms with Gasteiger partial charge < -0.3 is 5.32 Å². The van der Waals surface area contributed by atoms with E-state index in [9.17, 15) is 9.59 Å². The highest BCUT2D eigenvalue weighted by Gasteiger charge is 2.05. The van der Waals surface area contributed by atoms with E-state index < -0.39 is 0 Å². The summed E-state index contributed by atoms with van der Waals surface area (Å²) in [5.41, 5.74) is 2.82. The Labute approximate surface area is 110 Å². The number of hydrogen-bond acceptors (Lipinski definition) is 3. The van der Waals surface area contributed by atoms with Gasteiger partial charge in [-0.15, -0.1) is 0 Å². The number of halogens is 1. The molecule has 0 spiro atoms. The third kappa shape index (κ3) is 4.97. The highest BCUT2D eigenvalue weighted by atomic mass is 35.5. The molecule has 0 radical (unpaired) electrons. The Hall–Kier alpha value is -1.88. The van der Waals surface area contributed by atoms with Crippen LogP contribution in [0.25, 0.3) is 0 Å². The van der Waals surface area contributed by atoms with Gasteiger partial charge in [-0.05, 0) is 31.2 Å². The normalized spacial score (nSPS) is 10.3. The first-order chi connectivity index (χ1) is 8.63. The van der Waals surface area contributed by atoms with Crippen molar-refractivity contribution >= 4 is 29.6 Å². The first kappa shape index (κ1) is 14.2. The van der Waals surface area contributed by atoms with Crippen molar-refractivity contribution in [3.8, 4) is 0 Å². The van der Waals surface area contributed by atoms with Gasteiger partial charge >= 0.3 is 0 Å². The van der Waals surface area contributed by atoms with Crippen molar-refractivity contribution < 1.29 is 9.59 Å². The zero-order chi connectivity index (χ0) is 13.4. The van der Waals surface area contributed by atoms with Gasteiger partial charge in [0.15, 0.2) is 0 Å². The fourth-order valence-corrected chi connectivity index (χ4v) is 1.31. The standard InChI is InChI=1S/C12H14ClN3O2/c1-2-15-16-11(17)7-8-14-12(18)9-3-5-10(13)6-4-9/h2-6H,7-8H2,1H3,(H,14,18)(H,16,17). The number of nitrogens with one attached hydrogen (secondary N) is 2. The van der Waals surface area contributed by atoms with Crippen LogP contribution < -0.4 is 10.7 Å². The van der Waals surface area contributed by atoms with Crippen LogP contribution in [0.15, 0.2) is 29.4 Å². The molecule has 0 fully saturated rings. The van der Waals surface area contributed by atoms with Gasteiger partial charge in [-0.3, -0.25) is 9.59 Å². The highest BCUT2D eigenvalue weighted by molar-refractivity contribution is 6.30. The molecule has 0 unspecified atom stereocenters. The third-order valence-corrected chi connectivity index (χ3v) is 2.31. The molecule has 0 heterocycles. The second-order valence-corrected chi connectivity index (χ2v) is 3.87. The number of nitrogens with zero attached hydrogens (tertiary/aromatic N) is 1. The topological polar surface area (TPSA) is 70.6 Å². The summed E-state index contributed by atoms with van der Waals surface area (Å²) >= 11 is 5.71. The summed E-state index contributed by atoms with van der Waals surface area (Å²) < 4.78 is 0. The van der Waals surface area contributed by atoms with Crippen LogP contribution in [-0.2, 0) is 4.79 Å². The maximum Gasteiger partial charge on any atom is 0.251 e. The van der Waals surface area contributed by atoms with E-state index in [2.05, 4.69) is 15.8 Å². The molecule has 0 aliphatic carbocycles. The van der Waals surface area contributed by atoms with E-state index in [1.807, 2.05) is 0 Å². The molecule has 0 aliphatic rings. The molecule has 1 aromatic carbocycles. The van der Waals surface area contributed by atoms with Crippen LogP contribution in [0.1, 0.15) is 23.7 Å². The second-order valence-electron chi connectivity index (χ2n) is 3.44. The number of amides is 2. The molecule has 1 aromatic rings. The molecule has 0 saturated heterocycles. The quantitative estimate of drug-likeness (QED) is 0.628. The molecule has 0 bridgehead atoms. The SMILES string of the molecule is CC=NNC(=O)CCNC(=O)c1ccc(Cl)cc1. The minimum Gasteiger partial charge on any atom is -0.352 e. The average molecular weight is 268 g/mol. The van der Waals surface area contributed by atoms with Crippen LogP contribution in [0, 0.1) is 0 Å². The maximum absolute atomic E-state index is 11.6. The largest absolute Gasteiger partial charge is 0.352 e. The first-order valence-electron chi connectivity index (χ1n) is 5.43. The Bertz CT molecular complexity index is 443. The smallest absolute Gasteiger partial charge is 0.251 e. The zero-order valence-electron chi connectivity index (χ0n) is 9.94. The molecule has 18 heavy (non-hydrogen) atoms. The fourth-order valence-electron chi connectivity index (χ4n) is 1.19. The lowest BCUT2D eigenvalue weighted by Gasteiger charge is -2.04. The number of carbonyl (C=O) groups excluding carboxylic acids is 2. The van der Waals surface area contributed by atoms with Crippen LogP contribution in [0.2, 0.25) is 5.02 Å². The molecule has 5 nitrogen and oxygen atoms in total. The van der Waals surface area contributed by atoms with E-state index in [4.69, 9.17) is 11.6 Å². The molecule has 6 heteroatoms. The average Bonchev–Trinajstić information content (AvgIpc) is 2.37. The summed E-state index contributed by atoms with van der Waals surface area (Å²) in [5, 5.41) is 6.79. The molecule has 0 aromatic heterocycles. The van der Waals surface area contributed by atoms with Crippen molar-refractivity contribution in [1.29, 1.82) is 0 Å². The van der Waals surface area contributed by atoms with E-state index in [0.29, 0.717) is 10.6 Å². The van der Waals surface area contributed by atoms with Gasteiger partial charge in [-0.1, -0.05) is 11.6 Å². The van der Waals surface area contributed by atoms with Crippen molar-refractivity contribution in [1.82, 2.24) is 10.7 Å². The van der Waals surface area contributed by atoms with Crippen LogP contribution in [0.4, 0.5) is 0 Å². The molecular formula is C12H14ClN3O2. The van der Waals surface area contributed by atoms with E-state index >= 15 is 0 Å². The molecule has 2 N–H and O–H groups in total. The number of hydrazone groups is 1. The maximum atomic E-state index is 11.6. The Morgan fingerprint density at radius 3 is 2.61 bits per heavy atom. The van der Waals surface area contributed by atoms with Gasteiger partial charge in [0.05, 0.1) is 0 Å². The number of rotatable bonds is 5. The number of benzene rings is 1. The Morgan fingerprint density at radius 2 is 2.00 bits per heavy atom. The predicted molar refractivity (Wildman–Crippen MR) is 70.7 cm³/mol. The Kier molecular flexibility index (Phi) is 5.87. The third-order valence-electron chi connectivity index (χ3n) is 2.06. The molecule has 2 amide bonds. The lowest BCUT2D eigenvalue weighted by atomic mass is 10.2. The van der Waals surface area contributed by atoms with Crippen molar-refractivity contribution in [3.05, 3.63) is 34.9 Å². The van der Waals surface area contributed by atoms with Crippen molar-refractivity contribution in [2.75, 3.05) is 6.54 Å². The van der Waals surface area contributed by atoms with E-state index in [-0.39, 0.29) is 24.8 Å². The van der Waals surface area contributed by atoms with E-state index in [1.54, 1.807) is 31.2 Å². The van der Waals surface area contributed by atoms with Gasteiger partial charge in [0.1, 0.15) is 0 Å². The van der Waals surface area contributed by atoms with E-state index in [0.717, 1.165) is 0 Å². The van der Waals surface area contributed by atoms with Gasteiger partial charge in [0.2, 0.25) is 5.91 Å². The predicted octanol–water partition coefficient (Wildman–Crippen LogP) is 1.58. The van der Waals surface area contributed by atoms with Crippen LogP contribution >= 0.6 is 11.6 Å². The van der Waals surface area contributed by atoms with Gasteiger partial charge in [-0.2, -0.15) is 5.10 Å². The summed E-state index contributed by atoms with van der Waals surface area (Å²) in [6, 6.07) is 6.52. The van der Waals surface area contributed by atoms with E-state index in [1.165, 1.54) is 6.21 Å². The van der Waals surface area contributed by atoms with Crippen molar-refractivity contribution in [2.45, 2.75) is 13.3 Å². The minimum absolute atomic E-state index is 0.177. The fraction of sp³-hybridized carbons (Fsp3) is 0.250. The summed E-state index contributed by atoms with van der Waals surface area (Å²) in [6.45, 7) is 1.95. The van der Waals surface area contributed by atoms with Gasteiger partial charge in [0, 0.05) is 29.8 Å². The molecule has 0 atom stereocenters. The van der Waals surface area contributed by atoms with Gasteiger partial charge in [0.25, 0.3) is 5.91 Å². The summed E-state index contributed by atoms with van der Waals surface area (Å²) in [7, 11) is 0. The summed E-state index contributed by atoms with van der Waals surface area (Å²) in [4.78, 5) is 22.8. The van der Waals surface area contributed by atoms with Gasteiger partial charge in [-0.25, -0.2) is 5.43 Å². The molecule has 1 rings (SSSR count). The Morgan fingerprint density at radius 1 is 1.33 bits per heavy atom. The number of hydrogen-bond donors (Lipinski definition) is 2. The monoisotopic (exact) mass is 267 g/mol.